The molecule has 0 spiro atoms. The molecule has 0 aliphatic rings. The first-order chi connectivity index (χ1) is 9.90. The van der Waals surface area contributed by atoms with E-state index in [9.17, 15) is 18.7 Å². The molecule has 1 rings (SSSR count). The summed E-state index contributed by atoms with van der Waals surface area (Å²) in [6.45, 7) is 4.25. The van der Waals surface area contributed by atoms with Crippen molar-refractivity contribution in [3.63, 3.8) is 0 Å². The zero-order chi connectivity index (χ0) is 15.9. The summed E-state index contributed by atoms with van der Waals surface area (Å²) in [5.41, 5.74) is -0.973. The highest BCUT2D eigenvalue weighted by Gasteiger charge is 2.30. The fourth-order valence-electron chi connectivity index (χ4n) is 2.02. The number of aliphatic carboxylic acids is 1. The highest BCUT2D eigenvalue weighted by Crippen LogP contribution is 2.20. The number of nitrogens with one attached hydrogen (secondary N) is 1. The van der Waals surface area contributed by atoms with Gasteiger partial charge in [-0.2, -0.15) is 4.39 Å². The van der Waals surface area contributed by atoms with Crippen molar-refractivity contribution in [2.24, 2.45) is 0 Å². The molecule has 1 unspecified atom stereocenters. The van der Waals surface area contributed by atoms with Gasteiger partial charge in [0.15, 0.2) is 11.6 Å². The van der Waals surface area contributed by atoms with Crippen LogP contribution in [-0.2, 0) is 4.79 Å². The van der Waals surface area contributed by atoms with Crippen LogP contribution in [0.2, 0.25) is 0 Å². The molecule has 0 heterocycles. The predicted molar refractivity (Wildman–Crippen MR) is 75.4 cm³/mol. The van der Waals surface area contributed by atoms with E-state index in [1.165, 1.54) is 12.1 Å². The van der Waals surface area contributed by atoms with Crippen LogP contribution in [-0.4, -0.2) is 29.8 Å². The maximum absolute atomic E-state index is 13.3. The number of carboxylic acid groups (broad SMARTS) is 1. The lowest BCUT2D eigenvalue weighted by molar-refractivity contribution is -0.144. The number of halogens is 2. The molecule has 0 amide bonds. The Morgan fingerprint density at radius 1 is 1.38 bits per heavy atom. The maximum atomic E-state index is 13.3. The van der Waals surface area contributed by atoms with Gasteiger partial charge in [0.25, 0.3) is 0 Å². The smallest absolute Gasteiger partial charge is 0.323 e. The first kappa shape index (κ1) is 17.4. The van der Waals surface area contributed by atoms with E-state index in [1.807, 2.05) is 6.92 Å². The third-order valence-electron chi connectivity index (χ3n) is 3.28. The number of hydrogen-bond donors (Lipinski definition) is 2. The minimum absolute atomic E-state index is 0.123. The first-order valence-corrected chi connectivity index (χ1v) is 6.96. The van der Waals surface area contributed by atoms with Crippen LogP contribution in [0.5, 0.6) is 5.75 Å². The van der Waals surface area contributed by atoms with Crippen molar-refractivity contribution in [1.29, 1.82) is 0 Å². The Hall–Kier alpha value is -1.69. The van der Waals surface area contributed by atoms with E-state index in [-0.39, 0.29) is 12.4 Å². The molecule has 1 atom stereocenters. The van der Waals surface area contributed by atoms with Crippen molar-refractivity contribution < 1.29 is 23.4 Å². The summed E-state index contributed by atoms with van der Waals surface area (Å²) in [5.74, 6) is -2.97. The Bertz CT molecular complexity index is 482. The van der Waals surface area contributed by atoms with Crippen molar-refractivity contribution in [1.82, 2.24) is 5.32 Å². The zero-order valence-corrected chi connectivity index (χ0v) is 12.3. The molecule has 0 aromatic heterocycles. The van der Waals surface area contributed by atoms with Gasteiger partial charge in [0.1, 0.15) is 5.54 Å². The second-order valence-electron chi connectivity index (χ2n) is 5.03. The van der Waals surface area contributed by atoms with Crippen molar-refractivity contribution in [3.05, 3.63) is 29.8 Å². The number of likely N-dealkylation sites (N-methyl/N-ethyl adjacent to an activating group) is 1. The van der Waals surface area contributed by atoms with Gasteiger partial charge in [0.05, 0.1) is 6.61 Å². The second-order valence-corrected chi connectivity index (χ2v) is 5.03. The lowest BCUT2D eigenvalue weighted by atomic mass is 9.95. The highest BCUT2D eigenvalue weighted by atomic mass is 19.2. The van der Waals surface area contributed by atoms with Crippen LogP contribution in [0.1, 0.15) is 33.1 Å². The van der Waals surface area contributed by atoms with Crippen LogP contribution in [0.4, 0.5) is 8.78 Å². The number of benzene rings is 1. The third kappa shape index (κ3) is 4.97. The number of hydrogen-bond acceptors (Lipinski definition) is 3. The van der Waals surface area contributed by atoms with Gasteiger partial charge >= 0.3 is 5.97 Å². The van der Waals surface area contributed by atoms with Crippen LogP contribution in [0, 0.1) is 11.6 Å². The molecule has 118 valence electrons. The average molecular weight is 301 g/mol. The molecule has 0 aliphatic carbocycles. The SMILES string of the molecule is CCNC(C)(CCCCOc1cccc(F)c1F)C(=O)O. The summed E-state index contributed by atoms with van der Waals surface area (Å²) >= 11 is 0. The Labute approximate surface area is 123 Å². The standard InChI is InChI=1S/C15H21F2NO3/c1-3-18-15(2,14(19)20)9-4-5-10-21-12-8-6-7-11(16)13(12)17/h6-8,18H,3-5,9-10H2,1-2H3,(H,19,20). The summed E-state index contributed by atoms with van der Waals surface area (Å²) in [6, 6.07) is 3.76. The van der Waals surface area contributed by atoms with E-state index in [2.05, 4.69) is 5.32 Å². The minimum atomic E-state index is -1.000. The average Bonchev–Trinajstić information content (AvgIpc) is 2.43. The van der Waals surface area contributed by atoms with Crippen molar-refractivity contribution in [3.8, 4) is 5.75 Å². The van der Waals surface area contributed by atoms with Crippen LogP contribution in [0.15, 0.2) is 18.2 Å². The molecule has 0 radical (unpaired) electrons. The van der Waals surface area contributed by atoms with Crippen LogP contribution < -0.4 is 10.1 Å². The predicted octanol–water partition coefficient (Wildman–Crippen LogP) is 2.97. The second kappa shape index (κ2) is 7.93. The highest BCUT2D eigenvalue weighted by molar-refractivity contribution is 5.78. The number of carbonyl (C=O) groups is 1. The van der Waals surface area contributed by atoms with Gasteiger partial charge in [0, 0.05) is 0 Å². The zero-order valence-electron chi connectivity index (χ0n) is 12.3. The Kier molecular flexibility index (Phi) is 6.55. The normalized spacial score (nSPS) is 13.7. The number of unbranched alkanes of at least 4 members (excludes halogenated alkanes) is 1. The summed E-state index contributed by atoms with van der Waals surface area (Å²) in [6.07, 6.45) is 1.60. The molecule has 6 heteroatoms. The quantitative estimate of drug-likeness (QED) is 0.689. The minimum Gasteiger partial charge on any atom is -0.490 e. The number of carboxylic acids is 1. The van der Waals surface area contributed by atoms with Crippen LogP contribution in [0.3, 0.4) is 0 Å². The van der Waals surface area contributed by atoms with Crippen molar-refractivity contribution in [2.75, 3.05) is 13.2 Å². The van der Waals surface area contributed by atoms with Gasteiger partial charge in [0.2, 0.25) is 5.82 Å². The van der Waals surface area contributed by atoms with Gasteiger partial charge < -0.3 is 15.2 Å². The Morgan fingerprint density at radius 2 is 2.10 bits per heavy atom. The van der Waals surface area contributed by atoms with E-state index in [4.69, 9.17) is 4.74 Å². The Morgan fingerprint density at radius 3 is 2.71 bits per heavy atom. The van der Waals surface area contributed by atoms with Crippen LogP contribution >= 0.6 is 0 Å². The molecule has 21 heavy (non-hydrogen) atoms. The molecule has 0 bridgehead atoms. The molecular formula is C15H21F2NO3. The van der Waals surface area contributed by atoms with Crippen LogP contribution in [0.25, 0.3) is 0 Å². The van der Waals surface area contributed by atoms with Crippen molar-refractivity contribution in [2.45, 2.75) is 38.6 Å². The Balaban J connectivity index is 2.37. The van der Waals surface area contributed by atoms with E-state index in [1.54, 1.807) is 6.92 Å². The third-order valence-corrected chi connectivity index (χ3v) is 3.28. The van der Waals surface area contributed by atoms with Gasteiger partial charge in [-0.1, -0.05) is 13.0 Å². The topological polar surface area (TPSA) is 58.6 Å². The van der Waals surface area contributed by atoms with Crippen molar-refractivity contribution >= 4 is 5.97 Å². The molecule has 0 aliphatic heterocycles. The monoisotopic (exact) mass is 301 g/mol. The largest absolute Gasteiger partial charge is 0.490 e. The lowest BCUT2D eigenvalue weighted by Gasteiger charge is -2.25. The molecule has 4 nitrogen and oxygen atoms in total. The summed E-state index contributed by atoms with van der Waals surface area (Å²) in [5, 5.41) is 12.1. The molecule has 1 aromatic rings. The fourth-order valence-corrected chi connectivity index (χ4v) is 2.02. The maximum Gasteiger partial charge on any atom is 0.323 e. The fraction of sp³-hybridized carbons (Fsp3) is 0.533. The number of rotatable bonds is 9. The summed E-state index contributed by atoms with van der Waals surface area (Å²) in [4.78, 5) is 11.2. The van der Waals surface area contributed by atoms with E-state index in [0.717, 1.165) is 6.07 Å². The van der Waals surface area contributed by atoms with E-state index in [0.29, 0.717) is 25.8 Å². The van der Waals surface area contributed by atoms with E-state index >= 15 is 0 Å². The molecule has 0 fully saturated rings. The molecule has 2 N–H and O–H groups in total. The van der Waals surface area contributed by atoms with E-state index < -0.39 is 23.1 Å². The van der Waals surface area contributed by atoms with Gasteiger partial charge in [-0.05, 0) is 44.9 Å². The van der Waals surface area contributed by atoms with Gasteiger partial charge in [-0.25, -0.2) is 4.39 Å². The summed E-state index contributed by atoms with van der Waals surface area (Å²) < 4.78 is 31.4. The lowest BCUT2D eigenvalue weighted by Crippen LogP contribution is -2.49. The molecular weight excluding hydrogens is 280 g/mol. The molecule has 0 saturated carbocycles. The number of ether oxygens (including phenoxy) is 1. The first-order valence-electron chi connectivity index (χ1n) is 6.96. The summed E-state index contributed by atoms with van der Waals surface area (Å²) in [7, 11) is 0. The van der Waals surface area contributed by atoms with Gasteiger partial charge in [-0.3, -0.25) is 4.79 Å². The molecule has 0 saturated heterocycles. The van der Waals surface area contributed by atoms with Gasteiger partial charge in [-0.15, -0.1) is 0 Å². The molecule has 1 aromatic carbocycles.